The fourth-order valence-corrected chi connectivity index (χ4v) is 2.08. The van der Waals surface area contributed by atoms with E-state index in [-0.39, 0.29) is 5.56 Å². The number of hydrogen-bond acceptors (Lipinski definition) is 2. The van der Waals surface area contributed by atoms with Gasteiger partial charge in [-0.1, -0.05) is 25.1 Å². The Labute approximate surface area is 101 Å². The standard InChI is InChI=1S/C14H18N2O/c1-3-15-11(2)10-16-9-8-12-6-4-5-7-13(12)14(16)17/h4-9,11,15H,3,10H2,1-2H3. The van der Waals surface area contributed by atoms with Crippen molar-refractivity contribution in [2.75, 3.05) is 6.54 Å². The van der Waals surface area contributed by atoms with Crippen molar-refractivity contribution in [1.29, 1.82) is 0 Å². The third-order valence-electron chi connectivity index (χ3n) is 2.91. The van der Waals surface area contributed by atoms with Crippen LogP contribution in [0.2, 0.25) is 0 Å². The van der Waals surface area contributed by atoms with Crippen molar-refractivity contribution in [3.63, 3.8) is 0 Å². The van der Waals surface area contributed by atoms with Gasteiger partial charge in [-0.15, -0.1) is 0 Å². The molecule has 0 aliphatic rings. The average Bonchev–Trinajstić information content (AvgIpc) is 2.33. The van der Waals surface area contributed by atoms with Crippen LogP contribution >= 0.6 is 0 Å². The average molecular weight is 230 g/mol. The van der Waals surface area contributed by atoms with Crippen molar-refractivity contribution in [1.82, 2.24) is 9.88 Å². The Balaban J connectivity index is 2.36. The second-order valence-corrected chi connectivity index (χ2v) is 4.32. The highest BCUT2D eigenvalue weighted by Gasteiger charge is 2.05. The first-order valence-electron chi connectivity index (χ1n) is 6.04. The van der Waals surface area contributed by atoms with Gasteiger partial charge >= 0.3 is 0 Å². The molecule has 0 aliphatic heterocycles. The topological polar surface area (TPSA) is 34.0 Å². The molecule has 1 aromatic heterocycles. The molecule has 1 aromatic carbocycles. The predicted octanol–water partition coefficient (Wildman–Crippen LogP) is 2.00. The minimum Gasteiger partial charge on any atom is -0.313 e. The molecule has 1 unspecified atom stereocenters. The van der Waals surface area contributed by atoms with Gasteiger partial charge in [0.25, 0.3) is 5.56 Å². The number of rotatable bonds is 4. The largest absolute Gasteiger partial charge is 0.313 e. The molecule has 0 saturated heterocycles. The van der Waals surface area contributed by atoms with Crippen LogP contribution in [0.1, 0.15) is 13.8 Å². The van der Waals surface area contributed by atoms with Crippen molar-refractivity contribution in [3.05, 3.63) is 46.9 Å². The molecule has 2 rings (SSSR count). The van der Waals surface area contributed by atoms with E-state index >= 15 is 0 Å². The number of pyridine rings is 1. The third-order valence-corrected chi connectivity index (χ3v) is 2.91. The lowest BCUT2D eigenvalue weighted by atomic mass is 10.2. The lowest BCUT2D eigenvalue weighted by molar-refractivity contribution is 0.483. The molecule has 1 N–H and O–H groups in total. The monoisotopic (exact) mass is 230 g/mol. The van der Waals surface area contributed by atoms with Crippen LogP contribution in [0.5, 0.6) is 0 Å². The molecule has 1 atom stereocenters. The first-order valence-corrected chi connectivity index (χ1v) is 6.04. The van der Waals surface area contributed by atoms with E-state index in [0.717, 1.165) is 17.3 Å². The molecule has 3 heteroatoms. The number of nitrogens with zero attached hydrogens (tertiary/aromatic N) is 1. The van der Waals surface area contributed by atoms with Crippen LogP contribution in [0.4, 0.5) is 0 Å². The Morgan fingerprint density at radius 3 is 2.82 bits per heavy atom. The van der Waals surface area contributed by atoms with Gasteiger partial charge in [-0.05, 0) is 31.0 Å². The molecule has 0 spiro atoms. The third kappa shape index (κ3) is 2.56. The van der Waals surface area contributed by atoms with Gasteiger partial charge in [0, 0.05) is 24.2 Å². The van der Waals surface area contributed by atoms with E-state index in [1.807, 2.05) is 36.5 Å². The summed E-state index contributed by atoms with van der Waals surface area (Å²) in [6.07, 6.45) is 1.87. The van der Waals surface area contributed by atoms with Gasteiger partial charge in [-0.2, -0.15) is 0 Å². The van der Waals surface area contributed by atoms with E-state index in [0.29, 0.717) is 12.6 Å². The maximum Gasteiger partial charge on any atom is 0.258 e. The molecular weight excluding hydrogens is 212 g/mol. The minimum atomic E-state index is 0.0906. The van der Waals surface area contributed by atoms with Crippen molar-refractivity contribution < 1.29 is 0 Å². The van der Waals surface area contributed by atoms with Crippen LogP contribution in [0.3, 0.4) is 0 Å². The van der Waals surface area contributed by atoms with Crippen LogP contribution in [0.15, 0.2) is 41.3 Å². The van der Waals surface area contributed by atoms with Gasteiger partial charge in [0.2, 0.25) is 0 Å². The number of benzene rings is 1. The van der Waals surface area contributed by atoms with Crippen molar-refractivity contribution in [2.24, 2.45) is 0 Å². The maximum absolute atomic E-state index is 12.2. The van der Waals surface area contributed by atoms with Crippen molar-refractivity contribution in [3.8, 4) is 0 Å². The fourth-order valence-electron chi connectivity index (χ4n) is 2.08. The summed E-state index contributed by atoms with van der Waals surface area (Å²) in [5.41, 5.74) is 0.0906. The SMILES string of the molecule is CCNC(C)Cn1ccc2ccccc2c1=O. The summed E-state index contributed by atoms with van der Waals surface area (Å²) >= 11 is 0. The second-order valence-electron chi connectivity index (χ2n) is 4.32. The highest BCUT2D eigenvalue weighted by molar-refractivity contribution is 5.81. The molecule has 0 bridgehead atoms. The highest BCUT2D eigenvalue weighted by atomic mass is 16.1. The van der Waals surface area contributed by atoms with E-state index in [1.165, 1.54) is 0 Å². The zero-order valence-electron chi connectivity index (χ0n) is 10.3. The Morgan fingerprint density at radius 2 is 2.06 bits per heavy atom. The highest BCUT2D eigenvalue weighted by Crippen LogP contribution is 2.08. The van der Waals surface area contributed by atoms with Crippen LogP contribution in [-0.2, 0) is 6.54 Å². The summed E-state index contributed by atoms with van der Waals surface area (Å²) in [5.74, 6) is 0. The molecule has 0 radical (unpaired) electrons. The molecule has 17 heavy (non-hydrogen) atoms. The number of fused-ring (bicyclic) bond motifs is 1. The maximum atomic E-state index is 12.2. The number of nitrogens with one attached hydrogen (secondary N) is 1. The Kier molecular flexibility index (Phi) is 3.59. The zero-order chi connectivity index (χ0) is 12.3. The normalized spacial score (nSPS) is 12.8. The smallest absolute Gasteiger partial charge is 0.258 e. The van der Waals surface area contributed by atoms with Gasteiger partial charge in [-0.3, -0.25) is 4.79 Å². The predicted molar refractivity (Wildman–Crippen MR) is 71.3 cm³/mol. The van der Waals surface area contributed by atoms with E-state index in [2.05, 4.69) is 19.2 Å². The molecule has 3 nitrogen and oxygen atoms in total. The molecule has 0 amide bonds. The number of likely N-dealkylation sites (N-methyl/N-ethyl adjacent to an activating group) is 1. The van der Waals surface area contributed by atoms with Crippen molar-refractivity contribution >= 4 is 10.8 Å². The van der Waals surface area contributed by atoms with E-state index in [9.17, 15) is 4.79 Å². The van der Waals surface area contributed by atoms with Crippen molar-refractivity contribution in [2.45, 2.75) is 26.4 Å². The summed E-state index contributed by atoms with van der Waals surface area (Å²) < 4.78 is 1.77. The number of hydrogen-bond donors (Lipinski definition) is 1. The first kappa shape index (κ1) is 11.9. The second kappa shape index (κ2) is 5.15. The minimum absolute atomic E-state index is 0.0906. The van der Waals surface area contributed by atoms with Gasteiger partial charge in [-0.25, -0.2) is 0 Å². The van der Waals surface area contributed by atoms with Crippen LogP contribution < -0.4 is 10.9 Å². The van der Waals surface area contributed by atoms with Gasteiger partial charge in [0.05, 0.1) is 0 Å². The van der Waals surface area contributed by atoms with E-state index in [4.69, 9.17) is 0 Å². The summed E-state index contributed by atoms with van der Waals surface area (Å²) in [5, 5.41) is 5.10. The van der Waals surface area contributed by atoms with Crippen LogP contribution in [-0.4, -0.2) is 17.2 Å². The fraction of sp³-hybridized carbons (Fsp3) is 0.357. The Hall–Kier alpha value is -1.61. The molecule has 1 heterocycles. The van der Waals surface area contributed by atoms with E-state index < -0.39 is 0 Å². The Morgan fingerprint density at radius 1 is 1.29 bits per heavy atom. The quantitative estimate of drug-likeness (QED) is 0.871. The molecule has 2 aromatic rings. The molecule has 90 valence electrons. The van der Waals surface area contributed by atoms with E-state index in [1.54, 1.807) is 4.57 Å². The Bertz CT molecular complexity index is 559. The van der Waals surface area contributed by atoms with Gasteiger partial charge < -0.3 is 9.88 Å². The lowest BCUT2D eigenvalue weighted by Gasteiger charge is -2.14. The molecular formula is C14H18N2O. The summed E-state index contributed by atoms with van der Waals surface area (Å²) in [7, 11) is 0. The van der Waals surface area contributed by atoms with Gasteiger partial charge in [0.1, 0.15) is 0 Å². The first-order chi connectivity index (χ1) is 8.22. The summed E-state index contributed by atoms with van der Waals surface area (Å²) in [6, 6.07) is 10.0. The molecule has 0 aliphatic carbocycles. The lowest BCUT2D eigenvalue weighted by Crippen LogP contribution is -2.34. The number of aromatic nitrogens is 1. The van der Waals surface area contributed by atoms with Gasteiger partial charge in [0.15, 0.2) is 0 Å². The summed E-state index contributed by atoms with van der Waals surface area (Å²) in [4.78, 5) is 12.2. The van der Waals surface area contributed by atoms with Crippen LogP contribution in [0.25, 0.3) is 10.8 Å². The molecule has 0 saturated carbocycles. The molecule has 0 fully saturated rings. The van der Waals surface area contributed by atoms with Crippen LogP contribution in [0, 0.1) is 0 Å². The zero-order valence-corrected chi connectivity index (χ0v) is 10.3. The summed E-state index contributed by atoms with van der Waals surface area (Å²) in [6.45, 7) is 5.78.